The highest BCUT2D eigenvalue weighted by molar-refractivity contribution is 9.10. The topological polar surface area (TPSA) is 39.7 Å². The third kappa shape index (κ3) is 7.23. The summed E-state index contributed by atoms with van der Waals surface area (Å²) in [5.74, 6) is 0.441. The first-order valence-corrected chi connectivity index (χ1v) is 15.2. The predicted molar refractivity (Wildman–Crippen MR) is 170 cm³/mol. The number of fused-ring (bicyclic) bond motifs is 1. The van der Waals surface area contributed by atoms with Gasteiger partial charge >= 0.3 is 0 Å². The van der Waals surface area contributed by atoms with Gasteiger partial charge in [-0.1, -0.05) is 97.4 Å². The number of ether oxygens (including phenoxy) is 3. The second kappa shape index (κ2) is 12.6. The molecule has 1 N–H and O–H groups in total. The van der Waals surface area contributed by atoms with Gasteiger partial charge in [0.05, 0.1) is 13.2 Å². The van der Waals surface area contributed by atoms with Crippen molar-refractivity contribution >= 4 is 21.6 Å². The summed E-state index contributed by atoms with van der Waals surface area (Å²) in [7, 11) is 0. The molecule has 42 heavy (non-hydrogen) atoms. The molecule has 0 saturated heterocycles. The molecule has 0 fully saturated rings. The Hall–Kier alpha value is -3.19. The zero-order valence-electron chi connectivity index (χ0n) is 24.9. The number of hydrogen-bond donors (Lipinski definition) is 1. The molecule has 0 amide bonds. The molecule has 6 heteroatoms. The summed E-state index contributed by atoms with van der Waals surface area (Å²) < 4.78 is 34.9. The van der Waals surface area contributed by atoms with Crippen LogP contribution in [-0.4, -0.2) is 11.7 Å². The number of benzene rings is 4. The molecule has 220 valence electrons. The maximum absolute atomic E-state index is 14.7. The average molecular weight is 633 g/mol. The molecule has 1 aliphatic heterocycles. The molecule has 2 unspecified atom stereocenters. The Kier molecular flexibility index (Phi) is 9.07. The molecule has 1 aliphatic rings. The first-order chi connectivity index (χ1) is 20.0. The van der Waals surface area contributed by atoms with E-state index in [0.717, 1.165) is 22.6 Å². The zero-order valence-corrected chi connectivity index (χ0v) is 26.5. The van der Waals surface area contributed by atoms with E-state index in [1.807, 2.05) is 62.4 Å². The van der Waals surface area contributed by atoms with E-state index in [4.69, 9.17) is 14.2 Å². The van der Waals surface area contributed by atoms with Gasteiger partial charge in [-0.3, -0.25) is 0 Å². The van der Waals surface area contributed by atoms with Crippen LogP contribution in [0.1, 0.15) is 68.5 Å². The van der Waals surface area contributed by atoms with E-state index in [0.29, 0.717) is 23.2 Å². The van der Waals surface area contributed by atoms with E-state index < -0.39 is 17.8 Å². The van der Waals surface area contributed by atoms with E-state index in [1.165, 1.54) is 17.2 Å². The molecule has 0 bridgehead atoms. The second-order valence-corrected chi connectivity index (χ2v) is 13.4. The molecule has 0 radical (unpaired) electrons. The maximum Gasteiger partial charge on any atom is 0.132 e. The number of anilines is 1. The van der Waals surface area contributed by atoms with Crippen molar-refractivity contribution in [1.82, 2.24) is 0 Å². The van der Waals surface area contributed by atoms with Crippen LogP contribution in [-0.2, 0) is 34.6 Å². The van der Waals surface area contributed by atoms with Crippen LogP contribution in [0.25, 0.3) is 0 Å². The standard InChI is InChI=1S/C36H39BrFNO3/c1-35(2,3)27-14-11-24(12-15-27)21-39-29-17-18-32-30(20-29)33(40-22-25-9-7-6-8-10-25)34(36(4,5)42-32)41-23-26-13-16-28(37)19-31(26)38/h6-20,33-34,39H,21-23H2,1-5H3. The summed E-state index contributed by atoms with van der Waals surface area (Å²) in [6, 6.07) is 29.9. The molecular formula is C36H39BrFNO3. The summed E-state index contributed by atoms with van der Waals surface area (Å²) in [5.41, 5.74) is 5.32. The molecule has 5 rings (SSSR count). The van der Waals surface area contributed by atoms with E-state index in [-0.39, 0.29) is 17.8 Å². The van der Waals surface area contributed by atoms with Crippen LogP contribution in [0.15, 0.2) is 95.5 Å². The van der Waals surface area contributed by atoms with Crippen molar-refractivity contribution in [2.45, 2.75) is 77.6 Å². The number of nitrogens with one attached hydrogen (secondary N) is 1. The highest BCUT2D eigenvalue weighted by atomic mass is 79.9. The fourth-order valence-electron chi connectivity index (χ4n) is 5.21. The maximum atomic E-state index is 14.7. The quantitative estimate of drug-likeness (QED) is 0.200. The smallest absolute Gasteiger partial charge is 0.132 e. The highest BCUT2D eigenvalue weighted by Crippen LogP contribution is 2.45. The number of halogens is 2. The van der Waals surface area contributed by atoms with Gasteiger partial charge in [-0.25, -0.2) is 4.39 Å². The third-order valence-electron chi connectivity index (χ3n) is 7.67. The molecule has 0 aromatic heterocycles. The van der Waals surface area contributed by atoms with Crippen LogP contribution in [0.2, 0.25) is 0 Å². The predicted octanol–water partition coefficient (Wildman–Crippen LogP) is 9.51. The Bertz CT molecular complexity index is 1500. The van der Waals surface area contributed by atoms with Crippen molar-refractivity contribution < 1.29 is 18.6 Å². The molecule has 0 saturated carbocycles. The normalized spacial score (nSPS) is 17.8. The van der Waals surface area contributed by atoms with E-state index in [9.17, 15) is 4.39 Å². The van der Waals surface area contributed by atoms with Crippen LogP contribution in [0.4, 0.5) is 10.1 Å². The average Bonchev–Trinajstić information content (AvgIpc) is 2.95. The minimum absolute atomic E-state index is 0.0968. The van der Waals surface area contributed by atoms with E-state index in [2.05, 4.69) is 72.3 Å². The summed E-state index contributed by atoms with van der Waals surface area (Å²) in [4.78, 5) is 0. The Morgan fingerprint density at radius 3 is 2.29 bits per heavy atom. The van der Waals surface area contributed by atoms with E-state index in [1.54, 1.807) is 6.07 Å². The zero-order chi connectivity index (χ0) is 29.9. The van der Waals surface area contributed by atoms with Gasteiger partial charge in [0.1, 0.15) is 29.4 Å². The largest absolute Gasteiger partial charge is 0.485 e. The SMILES string of the molecule is CC(C)(C)c1ccc(CNc2ccc3c(c2)C(OCc2ccccc2)C(OCc2ccc(Br)cc2F)C(C)(C)O3)cc1. The lowest BCUT2D eigenvalue weighted by Crippen LogP contribution is -2.51. The molecule has 0 aliphatic carbocycles. The Morgan fingerprint density at radius 2 is 1.60 bits per heavy atom. The van der Waals surface area contributed by atoms with Crippen LogP contribution in [0.3, 0.4) is 0 Å². The lowest BCUT2D eigenvalue weighted by molar-refractivity contribution is -0.171. The van der Waals surface area contributed by atoms with Gasteiger partial charge in [0.25, 0.3) is 0 Å². The Morgan fingerprint density at radius 1 is 0.857 bits per heavy atom. The molecular weight excluding hydrogens is 593 g/mol. The van der Waals surface area contributed by atoms with Gasteiger partial charge in [0.2, 0.25) is 0 Å². The van der Waals surface area contributed by atoms with Crippen molar-refractivity contribution in [3.05, 3.63) is 129 Å². The summed E-state index contributed by atoms with van der Waals surface area (Å²) in [6.07, 6.45) is -0.924. The highest BCUT2D eigenvalue weighted by Gasteiger charge is 2.46. The van der Waals surface area contributed by atoms with Gasteiger partial charge in [0, 0.05) is 27.8 Å². The molecule has 0 spiro atoms. The molecule has 1 heterocycles. The molecule has 4 aromatic rings. The minimum Gasteiger partial charge on any atom is -0.485 e. The summed E-state index contributed by atoms with van der Waals surface area (Å²) in [5, 5.41) is 3.56. The van der Waals surface area contributed by atoms with Crippen molar-refractivity contribution in [3.8, 4) is 5.75 Å². The van der Waals surface area contributed by atoms with Gasteiger partial charge in [-0.15, -0.1) is 0 Å². The minimum atomic E-state index is -0.718. The van der Waals surface area contributed by atoms with Crippen molar-refractivity contribution in [2.24, 2.45) is 0 Å². The van der Waals surface area contributed by atoms with Gasteiger partial charge in [0.15, 0.2) is 0 Å². The van der Waals surface area contributed by atoms with Gasteiger partial charge in [-0.2, -0.15) is 0 Å². The van der Waals surface area contributed by atoms with Crippen LogP contribution in [0.5, 0.6) is 5.75 Å². The summed E-state index contributed by atoms with van der Waals surface area (Å²) >= 11 is 3.33. The fraction of sp³-hybridized carbons (Fsp3) is 0.333. The van der Waals surface area contributed by atoms with Crippen molar-refractivity contribution in [1.29, 1.82) is 0 Å². The molecule has 4 nitrogen and oxygen atoms in total. The molecule has 2 atom stereocenters. The van der Waals surface area contributed by atoms with Crippen LogP contribution in [0, 0.1) is 5.82 Å². The number of hydrogen-bond acceptors (Lipinski definition) is 4. The number of rotatable bonds is 9. The van der Waals surface area contributed by atoms with Gasteiger partial charge in [-0.05, 0) is 66.3 Å². The first kappa shape index (κ1) is 30.3. The Balaban J connectivity index is 1.40. The van der Waals surface area contributed by atoms with Gasteiger partial charge < -0.3 is 19.5 Å². The lowest BCUT2D eigenvalue weighted by Gasteiger charge is -2.44. The molecule has 4 aromatic carbocycles. The van der Waals surface area contributed by atoms with Crippen molar-refractivity contribution in [2.75, 3.05) is 5.32 Å². The summed E-state index contributed by atoms with van der Waals surface area (Å²) in [6.45, 7) is 11.8. The first-order valence-electron chi connectivity index (χ1n) is 14.4. The third-order valence-corrected chi connectivity index (χ3v) is 8.17. The van der Waals surface area contributed by atoms with Crippen LogP contribution < -0.4 is 10.1 Å². The lowest BCUT2D eigenvalue weighted by atomic mass is 9.87. The van der Waals surface area contributed by atoms with E-state index >= 15 is 0 Å². The van der Waals surface area contributed by atoms with Crippen LogP contribution >= 0.6 is 15.9 Å². The monoisotopic (exact) mass is 631 g/mol. The van der Waals surface area contributed by atoms with Crippen molar-refractivity contribution in [3.63, 3.8) is 0 Å². The second-order valence-electron chi connectivity index (χ2n) is 12.4. The fourth-order valence-corrected chi connectivity index (χ4v) is 5.55. The Labute approximate surface area is 257 Å².